The van der Waals surface area contributed by atoms with Crippen molar-refractivity contribution in [3.63, 3.8) is 0 Å². The first-order chi connectivity index (χ1) is 8.59. The normalized spacial score (nSPS) is 19.6. The van der Waals surface area contributed by atoms with Gasteiger partial charge in [-0.15, -0.1) is 0 Å². The summed E-state index contributed by atoms with van der Waals surface area (Å²) < 4.78 is 13.2. The molecule has 0 bridgehead atoms. The van der Waals surface area contributed by atoms with Crippen LogP contribution in [0.25, 0.3) is 0 Å². The predicted molar refractivity (Wildman–Crippen MR) is 70.2 cm³/mol. The van der Waals surface area contributed by atoms with Crippen LogP contribution >= 0.6 is 0 Å². The summed E-state index contributed by atoms with van der Waals surface area (Å²) in [6, 6.07) is 4.65. The number of anilines is 1. The summed E-state index contributed by atoms with van der Waals surface area (Å²) in [5.41, 5.74) is 1.30. The van der Waals surface area contributed by atoms with Gasteiger partial charge < -0.3 is 10.2 Å². The molecule has 1 unspecified atom stereocenters. The van der Waals surface area contributed by atoms with Crippen LogP contribution in [0, 0.1) is 12.7 Å². The van der Waals surface area contributed by atoms with E-state index in [0.717, 1.165) is 31.5 Å². The molecule has 1 aromatic rings. The summed E-state index contributed by atoms with van der Waals surface area (Å²) in [5.74, 6) is -0.184. The molecule has 0 aromatic heterocycles. The van der Waals surface area contributed by atoms with Gasteiger partial charge in [0.1, 0.15) is 5.82 Å². The van der Waals surface area contributed by atoms with Crippen LogP contribution in [0.15, 0.2) is 18.2 Å². The van der Waals surface area contributed by atoms with Crippen LogP contribution in [0.3, 0.4) is 0 Å². The fourth-order valence-corrected chi connectivity index (χ4v) is 2.26. The molecule has 1 aromatic carbocycles. The molecular formula is C14H19FN2O. The van der Waals surface area contributed by atoms with Crippen molar-refractivity contribution in [3.05, 3.63) is 29.6 Å². The van der Waals surface area contributed by atoms with Crippen molar-refractivity contribution in [2.24, 2.45) is 0 Å². The number of carbonyl (C=O) groups excluding carboxylic acids is 1. The smallest absolute Gasteiger partial charge is 0.243 e. The molecule has 1 aliphatic heterocycles. The summed E-state index contributed by atoms with van der Waals surface area (Å²) in [5, 5.41) is 3.23. The van der Waals surface area contributed by atoms with Gasteiger partial charge in [-0.05, 0) is 50.1 Å². The van der Waals surface area contributed by atoms with Gasteiger partial charge in [0.2, 0.25) is 5.91 Å². The largest absolute Gasteiger partial charge is 0.314 e. The van der Waals surface area contributed by atoms with Gasteiger partial charge >= 0.3 is 0 Å². The van der Waals surface area contributed by atoms with E-state index in [-0.39, 0.29) is 17.8 Å². The van der Waals surface area contributed by atoms with Gasteiger partial charge in [-0.1, -0.05) is 6.42 Å². The molecule has 0 aliphatic carbocycles. The summed E-state index contributed by atoms with van der Waals surface area (Å²) in [6.07, 6.45) is 3.09. The number of piperidine rings is 1. The molecule has 0 spiro atoms. The van der Waals surface area contributed by atoms with E-state index in [0.29, 0.717) is 5.56 Å². The third-order valence-corrected chi connectivity index (χ3v) is 3.47. The third kappa shape index (κ3) is 2.70. The zero-order valence-electron chi connectivity index (χ0n) is 10.9. The Kier molecular flexibility index (Phi) is 3.97. The zero-order valence-corrected chi connectivity index (χ0v) is 10.9. The van der Waals surface area contributed by atoms with Crippen LogP contribution in [0.1, 0.15) is 24.8 Å². The number of nitrogens with zero attached hydrogens (tertiary/aromatic N) is 1. The van der Waals surface area contributed by atoms with E-state index in [1.165, 1.54) is 6.07 Å². The van der Waals surface area contributed by atoms with Crippen LogP contribution in [-0.2, 0) is 4.79 Å². The second kappa shape index (κ2) is 5.48. The maximum Gasteiger partial charge on any atom is 0.243 e. The highest BCUT2D eigenvalue weighted by atomic mass is 19.1. The number of nitrogens with one attached hydrogen (secondary N) is 1. The average Bonchev–Trinajstić information content (AvgIpc) is 2.41. The highest BCUT2D eigenvalue weighted by Gasteiger charge is 2.24. The SMILES string of the molecule is Cc1cc(N(C)C(=O)C2CCCCN2)ccc1F. The Balaban J connectivity index is 2.11. The second-order valence-corrected chi connectivity index (χ2v) is 4.83. The second-order valence-electron chi connectivity index (χ2n) is 4.83. The minimum atomic E-state index is -0.240. The Bertz CT molecular complexity index is 441. The topological polar surface area (TPSA) is 32.3 Å². The van der Waals surface area contributed by atoms with Gasteiger partial charge in [-0.25, -0.2) is 4.39 Å². The number of likely N-dealkylation sites (N-methyl/N-ethyl adjacent to an activating group) is 1. The van der Waals surface area contributed by atoms with Gasteiger partial charge in [-0.3, -0.25) is 4.79 Å². The Labute approximate surface area is 107 Å². The van der Waals surface area contributed by atoms with Crippen LogP contribution in [0.5, 0.6) is 0 Å². The molecule has 1 N–H and O–H groups in total. The Morgan fingerprint density at radius 2 is 2.22 bits per heavy atom. The van der Waals surface area contributed by atoms with Gasteiger partial charge in [0.15, 0.2) is 0 Å². The van der Waals surface area contributed by atoms with E-state index < -0.39 is 0 Å². The van der Waals surface area contributed by atoms with Crippen molar-refractivity contribution in [2.75, 3.05) is 18.5 Å². The maximum atomic E-state index is 13.2. The van der Waals surface area contributed by atoms with E-state index in [4.69, 9.17) is 0 Å². The minimum Gasteiger partial charge on any atom is -0.314 e. The maximum absolute atomic E-state index is 13.2. The van der Waals surface area contributed by atoms with E-state index in [9.17, 15) is 9.18 Å². The molecule has 0 radical (unpaired) electrons. The molecule has 1 saturated heterocycles. The number of benzene rings is 1. The van der Waals surface area contributed by atoms with E-state index in [1.807, 2.05) is 0 Å². The quantitative estimate of drug-likeness (QED) is 0.873. The first kappa shape index (κ1) is 13.0. The van der Waals surface area contributed by atoms with Crippen molar-refractivity contribution in [2.45, 2.75) is 32.2 Å². The van der Waals surface area contributed by atoms with Crippen LogP contribution in [0.4, 0.5) is 10.1 Å². The Morgan fingerprint density at radius 3 is 2.83 bits per heavy atom. The molecule has 0 saturated carbocycles. The van der Waals surface area contributed by atoms with Crippen molar-refractivity contribution in [1.82, 2.24) is 5.32 Å². The molecule has 1 amide bonds. The van der Waals surface area contributed by atoms with Gasteiger partial charge in [0, 0.05) is 12.7 Å². The van der Waals surface area contributed by atoms with E-state index in [2.05, 4.69) is 5.32 Å². The number of amides is 1. The number of carbonyl (C=O) groups is 1. The Morgan fingerprint density at radius 1 is 1.44 bits per heavy atom. The average molecular weight is 250 g/mol. The first-order valence-corrected chi connectivity index (χ1v) is 6.36. The third-order valence-electron chi connectivity index (χ3n) is 3.47. The molecule has 1 heterocycles. The molecule has 1 aliphatic rings. The van der Waals surface area contributed by atoms with Crippen LogP contribution in [-0.4, -0.2) is 25.5 Å². The monoisotopic (exact) mass is 250 g/mol. The lowest BCUT2D eigenvalue weighted by Crippen LogP contribution is -2.47. The van der Waals surface area contributed by atoms with Crippen molar-refractivity contribution in [3.8, 4) is 0 Å². The standard InChI is InChI=1S/C14H19FN2O/c1-10-9-11(6-7-12(10)15)17(2)14(18)13-5-3-4-8-16-13/h6-7,9,13,16H,3-5,8H2,1-2H3. The zero-order chi connectivity index (χ0) is 13.1. The molecular weight excluding hydrogens is 231 g/mol. The summed E-state index contributed by atoms with van der Waals surface area (Å²) in [7, 11) is 1.74. The molecule has 3 nitrogen and oxygen atoms in total. The number of rotatable bonds is 2. The molecule has 98 valence electrons. The van der Waals surface area contributed by atoms with E-state index in [1.54, 1.807) is 31.0 Å². The fraction of sp³-hybridized carbons (Fsp3) is 0.500. The van der Waals surface area contributed by atoms with Gasteiger partial charge in [-0.2, -0.15) is 0 Å². The summed E-state index contributed by atoms with van der Waals surface area (Å²) >= 11 is 0. The highest BCUT2D eigenvalue weighted by molar-refractivity contribution is 5.96. The minimum absolute atomic E-state index is 0.0562. The molecule has 1 fully saturated rings. The number of hydrogen-bond donors (Lipinski definition) is 1. The van der Waals surface area contributed by atoms with Crippen LogP contribution < -0.4 is 10.2 Å². The van der Waals surface area contributed by atoms with Crippen LogP contribution in [0.2, 0.25) is 0 Å². The fourth-order valence-electron chi connectivity index (χ4n) is 2.26. The molecule has 18 heavy (non-hydrogen) atoms. The highest BCUT2D eigenvalue weighted by Crippen LogP contribution is 2.19. The first-order valence-electron chi connectivity index (χ1n) is 6.36. The lowest BCUT2D eigenvalue weighted by atomic mass is 10.0. The van der Waals surface area contributed by atoms with Gasteiger partial charge in [0.05, 0.1) is 6.04 Å². The predicted octanol–water partition coefficient (Wildman–Crippen LogP) is 2.24. The van der Waals surface area contributed by atoms with Gasteiger partial charge in [0.25, 0.3) is 0 Å². The lowest BCUT2D eigenvalue weighted by molar-refractivity contribution is -0.120. The summed E-state index contributed by atoms with van der Waals surface area (Å²) in [6.45, 7) is 2.60. The van der Waals surface area contributed by atoms with Crippen molar-refractivity contribution in [1.29, 1.82) is 0 Å². The van der Waals surface area contributed by atoms with Crippen molar-refractivity contribution < 1.29 is 9.18 Å². The Hall–Kier alpha value is -1.42. The van der Waals surface area contributed by atoms with Crippen molar-refractivity contribution >= 4 is 11.6 Å². The number of aryl methyl sites for hydroxylation is 1. The van der Waals surface area contributed by atoms with E-state index >= 15 is 0 Å². The number of halogens is 1. The summed E-state index contributed by atoms with van der Waals surface area (Å²) in [4.78, 5) is 13.9. The molecule has 2 rings (SSSR count). The number of hydrogen-bond acceptors (Lipinski definition) is 2. The lowest BCUT2D eigenvalue weighted by Gasteiger charge is -2.27. The molecule has 4 heteroatoms. The molecule has 1 atom stereocenters.